The highest BCUT2D eigenvalue weighted by Crippen LogP contribution is 2.12. The molecule has 0 bridgehead atoms. The van der Waals surface area contributed by atoms with Crippen molar-refractivity contribution in [2.75, 3.05) is 19.8 Å². The fourth-order valence-electron chi connectivity index (χ4n) is 1.28. The number of hydrogen-bond acceptors (Lipinski definition) is 3. The molecule has 1 N–H and O–H groups in total. The second kappa shape index (κ2) is 3.32. The number of hydrogen-bond donors (Lipinski definition) is 1. The molecule has 0 aliphatic carbocycles. The molecule has 3 heteroatoms. The van der Waals surface area contributed by atoms with Crippen molar-refractivity contribution in [1.82, 2.24) is 4.90 Å². The summed E-state index contributed by atoms with van der Waals surface area (Å²) in [6, 6.07) is 0.472. The SMILES string of the molecule is CC(C)N1CCO[C@H]1CO. The van der Waals surface area contributed by atoms with E-state index in [2.05, 4.69) is 18.7 Å². The monoisotopic (exact) mass is 145 g/mol. The van der Waals surface area contributed by atoms with E-state index >= 15 is 0 Å². The van der Waals surface area contributed by atoms with Crippen LogP contribution >= 0.6 is 0 Å². The minimum atomic E-state index is -0.0556. The van der Waals surface area contributed by atoms with Gasteiger partial charge < -0.3 is 9.84 Å². The first kappa shape index (κ1) is 7.98. The van der Waals surface area contributed by atoms with Crippen molar-refractivity contribution >= 4 is 0 Å². The highest BCUT2D eigenvalue weighted by atomic mass is 16.5. The van der Waals surface area contributed by atoms with Crippen molar-refractivity contribution in [3.63, 3.8) is 0 Å². The normalized spacial score (nSPS) is 28.2. The van der Waals surface area contributed by atoms with Gasteiger partial charge in [-0.05, 0) is 13.8 Å². The lowest BCUT2D eigenvalue weighted by Crippen LogP contribution is -2.38. The van der Waals surface area contributed by atoms with Crippen LogP contribution in [0.5, 0.6) is 0 Å². The van der Waals surface area contributed by atoms with Gasteiger partial charge in [-0.3, -0.25) is 4.90 Å². The molecule has 0 radical (unpaired) electrons. The summed E-state index contributed by atoms with van der Waals surface area (Å²) >= 11 is 0. The average Bonchev–Trinajstić information content (AvgIpc) is 2.33. The first-order valence-electron chi connectivity index (χ1n) is 3.74. The molecule has 1 aliphatic rings. The molecule has 0 aromatic carbocycles. The fourth-order valence-corrected chi connectivity index (χ4v) is 1.28. The van der Waals surface area contributed by atoms with E-state index in [1.54, 1.807) is 0 Å². The van der Waals surface area contributed by atoms with E-state index in [-0.39, 0.29) is 12.8 Å². The van der Waals surface area contributed by atoms with Crippen LogP contribution in [0.3, 0.4) is 0 Å². The van der Waals surface area contributed by atoms with Crippen LogP contribution in [0.1, 0.15) is 13.8 Å². The van der Waals surface area contributed by atoms with Crippen molar-refractivity contribution in [3.8, 4) is 0 Å². The number of nitrogens with zero attached hydrogens (tertiary/aromatic N) is 1. The van der Waals surface area contributed by atoms with Gasteiger partial charge in [0.05, 0.1) is 13.2 Å². The van der Waals surface area contributed by atoms with E-state index in [1.807, 2.05) is 0 Å². The maximum absolute atomic E-state index is 8.82. The zero-order valence-electron chi connectivity index (χ0n) is 6.58. The van der Waals surface area contributed by atoms with Crippen molar-refractivity contribution in [3.05, 3.63) is 0 Å². The molecular formula is C7H15NO2. The third-order valence-electron chi connectivity index (χ3n) is 1.85. The Morgan fingerprint density at radius 1 is 1.70 bits per heavy atom. The van der Waals surface area contributed by atoms with Gasteiger partial charge in [-0.1, -0.05) is 0 Å². The van der Waals surface area contributed by atoms with Gasteiger partial charge in [0, 0.05) is 12.6 Å². The zero-order valence-corrected chi connectivity index (χ0v) is 6.58. The minimum Gasteiger partial charge on any atom is -0.392 e. The Labute approximate surface area is 61.6 Å². The molecule has 0 unspecified atom stereocenters. The number of aliphatic hydroxyl groups is 1. The summed E-state index contributed by atoms with van der Waals surface area (Å²) < 4.78 is 5.25. The second-order valence-electron chi connectivity index (χ2n) is 2.84. The maximum Gasteiger partial charge on any atom is 0.134 e. The zero-order chi connectivity index (χ0) is 7.56. The molecule has 1 fully saturated rings. The Morgan fingerprint density at radius 2 is 2.40 bits per heavy atom. The highest BCUT2D eigenvalue weighted by molar-refractivity contribution is 4.71. The molecule has 1 heterocycles. The molecule has 10 heavy (non-hydrogen) atoms. The summed E-state index contributed by atoms with van der Waals surface area (Å²) in [5, 5.41) is 8.82. The Morgan fingerprint density at radius 3 is 2.80 bits per heavy atom. The molecule has 1 aliphatic heterocycles. The Kier molecular flexibility index (Phi) is 2.65. The molecule has 0 saturated carbocycles. The largest absolute Gasteiger partial charge is 0.392 e. The van der Waals surface area contributed by atoms with E-state index in [9.17, 15) is 0 Å². The first-order chi connectivity index (χ1) is 4.75. The van der Waals surface area contributed by atoms with E-state index in [0.717, 1.165) is 13.2 Å². The average molecular weight is 145 g/mol. The number of aliphatic hydroxyl groups excluding tert-OH is 1. The molecule has 1 rings (SSSR count). The van der Waals surface area contributed by atoms with Crippen molar-refractivity contribution < 1.29 is 9.84 Å². The summed E-state index contributed by atoms with van der Waals surface area (Å²) in [5.41, 5.74) is 0. The van der Waals surface area contributed by atoms with Crippen LogP contribution in [0.15, 0.2) is 0 Å². The summed E-state index contributed by atoms with van der Waals surface area (Å²) in [7, 11) is 0. The Balaban J connectivity index is 2.42. The lowest BCUT2D eigenvalue weighted by Gasteiger charge is -2.24. The lowest BCUT2D eigenvalue weighted by molar-refractivity contribution is -0.0208. The molecule has 0 amide bonds. The van der Waals surface area contributed by atoms with Crippen LogP contribution in [0.25, 0.3) is 0 Å². The minimum absolute atomic E-state index is 0.0556. The van der Waals surface area contributed by atoms with Gasteiger partial charge in [-0.2, -0.15) is 0 Å². The first-order valence-corrected chi connectivity index (χ1v) is 3.74. The molecule has 0 aromatic rings. The highest BCUT2D eigenvalue weighted by Gasteiger charge is 2.25. The van der Waals surface area contributed by atoms with Crippen LogP contribution in [-0.2, 0) is 4.74 Å². The van der Waals surface area contributed by atoms with E-state index in [1.165, 1.54) is 0 Å². The predicted octanol–water partition coefficient (Wildman–Crippen LogP) is 0.0454. The van der Waals surface area contributed by atoms with Gasteiger partial charge >= 0.3 is 0 Å². The van der Waals surface area contributed by atoms with E-state index in [0.29, 0.717) is 6.04 Å². The standard InChI is InChI=1S/C7H15NO2/c1-6(2)8-3-4-10-7(8)5-9/h6-7,9H,3-5H2,1-2H3/t7-/m0/s1. The third kappa shape index (κ3) is 1.48. The van der Waals surface area contributed by atoms with Crippen molar-refractivity contribution in [1.29, 1.82) is 0 Å². The van der Waals surface area contributed by atoms with Crippen molar-refractivity contribution in [2.45, 2.75) is 26.1 Å². The van der Waals surface area contributed by atoms with Gasteiger partial charge in [0.1, 0.15) is 6.23 Å². The van der Waals surface area contributed by atoms with Gasteiger partial charge in [0.15, 0.2) is 0 Å². The summed E-state index contributed by atoms with van der Waals surface area (Å²) in [4.78, 5) is 2.15. The number of rotatable bonds is 2. The molecule has 1 atom stereocenters. The lowest BCUT2D eigenvalue weighted by atomic mass is 10.3. The summed E-state index contributed by atoms with van der Waals surface area (Å²) in [6.07, 6.45) is -0.0556. The maximum atomic E-state index is 8.82. The number of ether oxygens (including phenoxy) is 1. The van der Waals surface area contributed by atoms with Crippen LogP contribution < -0.4 is 0 Å². The van der Waals surface area contributed by atoms with Crippen LogP contribution in [-0.4, -0.2) is 42.0 Å². The van der Waals surface area contributed by atoms with Crippen LogP contribution in [0, 0.1) is 0 Å². The molecular weight excluding hydrogens is 130 g/mol. The molecule has 0 aromatic heterocycles. The second-order valence-corrected chi connectivity index (χ2v) is 2.84. The van der Waals surface area contributed by atoms with Crippen molar-refractivity contribution in [2.24, 2.45) is 0 Å². The third-order valence-corrected chi connectivity index (χ3v) is 1.85. The fraction of sp³-hybridized carbons (Fsp3) is 1.00. The summed E-state index contributed by atoms with van der Waals surface area (Å²) in [6.45, 7) is 6.03. The molecule has 3 nitrogen and oxygen atoms in total. The van der Waals surface area contributed by atoms with E-state index in [4.69, 9.17) is 9.84 Å². The Bertz CT molecular complexity index is 106. The van der Waals surface area contributed by atoms with Gasteiger partial charge in [-0.15, -0.1) is 0 Å². The van der Waals surface area contributed by atoms with Crippen LogP contribution in [0.2, 0.25) is 0 Å². The molecule has 1 saturated heterocycles. The molecule has 0 spiro atoms. The quantitative estimate of drug-likeness (QED) is 0.595. The summed E-state index contributed by atoms with van der Waals surface area (Å²) in [5.74, 6) is 0. The predicted molar refractivity (Wildman–Crippen MR) is 38.7 cm³/mol. The van der Waals surface area contributed by atoms with Gasteiger partial charge in [0.2, 0.25) is 0 Å². The topological polar surface area (TPSA) is 32.7 Å². The molecule has 60 valence electrons. The Hall–Kier alpha value is -0.120. The van der Waals surface area contributed by atoms with Crippen LogP contribution in [0.4, 0.5) is 0 Å². The van der Waals surface area contributed by atoms with Gasteiger partial charge in [-0.25, -0.2) is 0 Å². The van der Waals surface area contributed by atoms with E-state index < -0.39 is 0 Å². The smallest absolute Gasteiger partial charge is 0.134 e. The van der Waals surface area contributed by atoms with Gasteiger partial charge in [0.25, 0.3) is 0 Å².